The predicted molar refractivity (Wildman–Crippen MR) is 108 cm³/mol. The molecule has 3 rings (SSSR count). The minimum atomic E-state index is -0.417. The van der Waals surface area contributed by atoms with E-state index in [2.05, 4.69) is 10.3 Å². The number of rotatable bonds is 8. The number of hydrogen-bond donors (Lipinski definition) is 1. The molecule has 0 spiro atoms. The number of amides is 1. The Bertz CT molecular complexity index is 1110. The third-order valence-electron chi connectivity index (χ3n) is 5.01. The van der Waals surface area contributed by atoms with E-state index in [-0.39, 0.29) is 11.9 Å². The van der Waals surface area contributed by atoms with Crippen molar-refractivity contribution < 1.29 is 9.21 Å². The van der Waals surface area contributed by atoms with Crippen molar-refractivity contribution in [2.45, 2.75) is 25.4 Å². The maximum Gasteiger partial charge on any atom is 0.332 e. The summed E-state index contributed by atoms with van der Waals surface area (Å²) < 4.78 is 9.53. The molecule has 29 heavy (non-hydrogen) atoms. The zero-order chi connectivity index (χ0) is 21.1. The van der Waals surface area contributed by atoms with E-state index < -0.39 is 11.2 Å². The number of hydrogen-bond acceptors (Lipinski definition) is 6. The van der Waals surface area contributed by atoms with Gasteiger partial charge in [0.1, 0.15) is 5.76 Å². The fraction of sp³-hybridized carbons (Fsp3) is 0.474. The molecule has 1 unspecified atom stereocenters. The summed E-state index contributed by atoms with van der Waals surface area (Å²) in [4.78, 5) is 42.8. The summed E-state index contributed by atoms with van der Waals surface area (Å²) in [6.45, 7) is 0.892. The van der Waals surface area contributed by atoms with Gasteiger partial charge in [-0.3, -0.25) is 23.6 Å². The van der Waals surface area contributed by atoms with Crippen molar-refractivity contribution in [3.05, 3.63) is 51.3 Å². The van der Waals surface area contributed by atoms with Gasteiger partial charge in [-0.2, -0.15) is 0 Å². The highest BCUT2D eigenvalue weighted by Gasteiger charge is 2.18. The highest BCUT2D eigenvalue weighted by atomic mass is 16.3. The lowest BCUT2D eigenvalue weighted by atomic mass is 10.2. The molecule has 0 aliphatic heterocycles. The Hall–Kier alpha value is -3.14. The van der Waals surface area contributed by atoms with Crippen LogP contribution in [0.5, 0.6) is 0 Å². The van der Waals surface area contributed by atoms with Crippen LogP contribution < -0.4 is 16.6 Å². The van der Waals surface area contributed by atoms with E-state index in [1.807, 2.05) is 31.1 Å². The normalized spacial score (nSPS) is 12.6. The molecule has 156 valence electrons. The number of aryl methyl sites for hydroxylation is 2. The minimum Gasteiger partial charge on any atom is -0.468 e. The molecule has 10 nitrogen and oxygen atoms in total. The molecular weight excluding hydrogens is 376 g/mol. The van der Waals surface area contributed by atoms with Crippen LogP contribution in [0.15, 0.2) is 38.7 Å². The molecule has 0 aliphatic rings. The molecular formula is C19H26N6O4. The number of fused-ring (bicyclic) bond motifs is 1. The van der Waals surface area contributed by atoms with Gasteiger partial charge >= 0.3 is 5.69 Å². The molecule has 0 aromatic carbocycles. The number of nitrogens with one attached hydrogen (secondary N) is 1. The summed E-state index contributed by atoms with van der Waals surface area (Å²) in [5.41, 5.74) is -0.105. The van der Waals surface area contributed by atoms with Crippen LogP contribution in [0.4, 0.5) is 0 Å². The molecule has 3 aromatic rings. The molecule has 3 heterocycles. The van der Waals surface area contributed by atoms with Crippen LogP contribution in [0.25, 0.3) is 11.2 Å². The molecule has 3 aromatic heterocycles. The van der Waals surface area contributed by atoms with Crippen LogP contribution in [0.1, 0.15) is 24.6 Å². The quantitative estimate of drug-likeness (QED) is 0.578. The van der Waals surface area contributed by atoms with E-state index in [0.29, 0.717) is 37.1 Å². The first kappa shape index (κ1) is 20.6. The van der Waals surface area contributed by atoms with E-state index in [1.54, 1.807) is 17.9 Å². The predicted octanol–water partition coefficient (Wildman–Crippen LogP) is 0.226. The van der Waals surface area contributed by atoms with Gasteiger partial charge in [0.2, 0.25) is 5.91 Å². The molecule has 0 saturated heterocycles. The smallest absolute Gasteiger partial charge is 0.332 e. The topological polar surface area (TPSA) is 107 Å². The van der Waals surface area contributed by atoms with Crippen molar-refractivity contribution in [2.75, 3.05) is 20.6 Å². The second kappa shape index (κ2) is 8.48. The van der Waals surface area contributed by atoms with Crippen molar-refractivity contribution in [2.24, 2.45) is 14.1 Å². The largest absolute Gasteiger partial charge is 0.468 e. The zero-order valence-corrected chi connectivity index (χ0v) is 17.1. The van der Waals surface area contributed by atoms with Gasteiger partial charge in [-0.05, 0) is 32.6 Å². The fourth-order valence-corrected chi connectivity index (χ4v) is 3.29. The lowest BCUT2D eigenvalue weighted by Gasteiger charge is -2.22. The van der Waals surface area contributed by atoms with Gasteiger partial charge < -0.3 is 14.3 Å². The summed E-state index contributed by atoms with van der Waals surface area (Å²) in [6, 6.07) is 3.66. The number of nitrogens with zero attached hydrogens (tertiary/aromatic N) is 5. The van der Waals surface area contributed by atoms with Crippen LogP contribution in [0, 0.1) is 0 Å². The molecule has 0 aliphatic carbocycles. The Morgan fingerprint density at radius 3 is 2.69 bits per heavy atom. The zero-order valence-electron chi connectivity index (χ0n) is 17.1. The van der Waals surface area contributed by atoms with Gasteiger partial charge in [0.25, 0.3) is 5.56 Å². The summed E-state index contributed by atoms with van der Waals surface area (Å²) in [5.74, 6) is 0.717. The Morgan fingerprint density at radius 1 is 1.28 bits per heavy atom. The van der Waals surface area contributed by atoms with Crippen LogP contribution >= 0.6 is 0 Å². The molecule has 1 atom stereocenters. The van der Waals surface area contributed by atoms with Gasteiger partial charge in [-0.25, -0.2) is 9.78 Å². The lowest BCUT2D eigenvalue weighted by Crippen LogP contribution is -2.37. The number of likely N-dealkylation sites (N-methyl/N-ethyl adjacent to an activating group) is 1. The SMILES string of the molecule is CN(C)C(CNC(=O)CCCn1cnc2c1c(=O)n(C)c(=O)n2C)c1ccco1. The molecule has 0 saturated carbocycles. The van der Waals surface area contributed by atoms with E-state index in [4.69, 9.17) is 4.42 Å². The summed E-state index contributed by atoms with van der Waals surface area (Å²) in [6.07, 6.45) is 3.99. The fourth-order valence-electron chi connectivity index (χ4n) is 3.29. The first-order chi connectivity index (χ1) is 13.8. The summed E-state index contributed by atoms with van der Waals surface area (Å²) in [7, 11) is 6.87. The molecule has 1 N–H and O–H groups in total. The van der Waals surface area contributed by atoms with Crippen molar-refractivity contribution in [3.8, 4) is 0 Å². The van der Waals surface area contributed by atoms with E-state index in [1.165, 1.54) is 17.9 Å². The van der Waals surface area contributed by atoms with E-state index >= 15 is 0 Å². The van der Waals surface area contributed by atoms with E-state index in [0.717, 1.165) is 10.3 Å². The van der Waals surface area contributed by atoms with Crippen molar-refractivity contribution in [1.29, 1.82) is 0 Å². The number of imidazole rings is 1. The number of aromatic nitrogens is 4. The van der Waals surface area contributed by atoms with Gasteiger partial charge in [0, 0.05) is 33.6 Å². The first-order valence-corrected chi connectivity index (χ1v) is 9.38. The van der Waals surface area contributed by atoms with Crippen LogP contribution in [-0.4, -0.2) is 50.1 Å². The minimum absolute atomic E-state index is 0.0455. The molecule has 10 heteroatoms. The Kier molecular flexibility index (Phi) is 6.02. The maximum absolute atomic E-state index is 12.4. The Labute approximate surface area is 167 Å². The van der Waals surface area contributed by atoms with Gasteiger partial charge in [0.05, 0.1) is 18.6 Å². The number of furan rings is 1. The van der Waals surface area contributed by atoms with Crippen LogP contribution in [0.2, 0.25) is 0 Å². The monoisotopic (exact) mass is 402 g/mol. The van der Waals surface area contributed by atoms with Crippen molar-refractivity contribution in [1.82, 2.24) is 28.9 Å². The third kappa shape index (κ3) is 4.16. The summed E-state index contributed by atoms with van der Waals surface area (Å²) in [5, 5.41) is 2.93. The number of carbonyl (C=O) groups is 1. The van der Waals surface area contributed by atoms with Crippen LogP contribution in [-0.2, 0) is 25.4 Å². The molecule has 1 amide bonds. The summed E-state index contributed by atoms with van der Waals surface area (Å²) >= 11 is 0. The third-order valence-corrected chi connectivity index (χ3v) is 5.01. The standard InChI is InChI=1S/C19H26N6O4/c1-22(2)13(14-7-6-10-29-14)11-20-15(26)8-5-9-25-12-21-17-16(25)18(27)24(4)19(28)23(17)3/h6-7,10,12-13H,5,8-9,11H2,1-4H3,(H,20,26). The van der Waals surface area contributed by atoms with Gasteiger partial charge in [-0.15, -0.1) is 0 Å². The van der Waals surface area contributed by atoms with Gasteiger partial charge in [0.15, 0.2) is 11.2 Å². The Morgan fingerprint density at radius 2 is 2.03 bits per heavy atom. The second-order valence-electron chi connectivity index (χ2n) is 7.22. The van der Waals surface area contributed by atoms with Crippen LogP contribution in [0.3, 0.4) is 0 Å². The Balaban J connectivity index is 1.60. The molecule has 0 bridgehead atoms. The van der Waals surface area contributed by atoms with E-state index in [9.17, 15) is 14.4 Å². The maximum atomic E-state index is 12.4. The van der Waals surface area contributed by atoms with Crippen molar-refractivity contribution >= 4 is 17.1 Å². The average molecular weight is 402 g/mol. The molecule has 0 radical (unpaired) electrons. The van der Waals surface area contributed by atoms with Crippen molar-refractivity contribution in [3.63, 3.8) is 0 Å². The number of carbonyl (C=O) groups excluding carboxylic acids is 1. The average Bonchev–Trinajstić information content (AvgIpc) is 3.35. The second-order valence-corrected chi connectivity index (χ2v) is 7.22. The van der Waals surface area contributed by atoms with Gasteiger partial charge in [-0.1, -0.05) is 0 Å². The highest BCUT2D eigenvalue weighted by molar-refractivity contribution is 5.76. The first-order valence-electron chi connectivity index (χ1n) is 9.38. The highest BCUT2D eigenvalue weighted by Crippen LogP contribution is 2.17. The lowest BCUT2D eigenvalue weighted by molar-refractivity contribution is -0.121. The molecule has 0 fully saturated rings.